The van der Waals surface area contributed by atoms with Crippen LogP contribution in [0, 0.1) is 11.3 Å². The summed E-state index contributed by atoms with van der Waals surface area (Å²) < 4.78 is 41.7. The maximum absolute atomic E-state index is 12.9. The maximum atomic E-state index is 12.9. The van der Waals surface area contributed by atoms with Crippen LogP contribution in [0.4, 0.5) is 13.2 Å². The first-order chi connectivity index (χ1) is 13.0. The van der Waals surface area contributed by atoms with Gasteiger partial charge in [0, 0.05) is 0 Å². The fourth-order valence-corrected chi connectivity index (χ4v) is 5.61. The summed E-state index contributed by atoms with van der Waals surface area (Å²) in [6.07, 6.45) is 12.2. The predicted octanol–water partition coefficient (Wildman–Crippen LogP) is 8.12. The summed E-state index contributed by atoms with van der Waals surface area (Å²) in [5, 5.41) is 0. The number of hydrogen-bond donors (Lipinski definition) is 0. The highest BCUT2D eigenvalue weighted by atomic mass is 19.3. The van der Waals surface area contributed by atoms with Gasteiger partial charge in [0.25, 0.3) is 0 Å². The molecule has 4 heteroatoms. The molecule has 0 saturated heterocycles. The summed E-state index contributed by atoms with van der Waals surface area (Å²) in [5.41, 5.74) is 1.79. The topological polar surface area (TPSA) is 9.23 Å². The molecule has 27 heavy (non-hydrogen) atoms. The van der Waals surface area contributed by atoms with Crippen LogP contribution in [0.5, 0.6) is 5.75 Å². The summed E-state index contributed by atoms with van der Waals surface area (Å²) in [4.78, 5) is 0. The lowest BCUT2D eigenvalue weighted by Gasteiger charge is -2.47. The molecule has 0 amide bonds. The number of halogens is 3. The van der Waals surface area contributed by atoms with E-state index in [1.54, 1.807) is 12.1 Å². The van der Waals surface area contributed by atoms with Crippen LogP contribution in [-0.4, -0.2) is 0 Å². The third-order valence-electron chi connectivity index (χ3n) is 6.90. The SMILES string of the molecule is CCCC1(C2CCC(c3ccc(OC(F)=C(F)F)cc3)CC2)CCCCC1. The number of hydrogen-bond acceptors (Lipinski definition) is 1. The van der Waals surface area contributed by atoms with E-state index in [4.69, 9.17) is 0 Å². The van der Waals surface area contributed by atoms with Crippen LogP contribution in [0.2, 0.25) is 0 Å². The Balaban J connectivity index is 1.59. The summed E-state index contributed by atoms with van der Waals surface area (Å²) >= 11 is 0. The van der Waals surface area contributed by atoms with Crippen molar-refractivity contribution < 1.29 is 17.9 Å². The van der Waals surface area contributed by atoms with E-state index in [0.29, 0.717) is 11.3 Å². The maximum Gasteiger partial charge on any atom is 0.344 e. The summed E-state index contributed by atoms with van der Waals surface area (Å²) in [6.45, 7) is 2.32. The van der Waals surface area contributed by atoms with Gasteiger partial charge in [0.1, 0.15) is 5.75 Å². The molecular formula is C23H31F3O. The van der Waals surface area contributed by atoms with Crippen LogP contribution in [0.1, 0.15) is 89.0 Å². The van der Waals surface area contributed by atoms with Gasteiger partial charge < -0.3 is 4.74 Å². The molecule has 0 aliphatic heterocycles. The Morgan fingerprint density at radius 3 is 2.15 bits per heavy atom. The molecule has 2 saturated carbocycles. The second-order valence-electron chi connectivity index (χ2n) is 8.43. The highest BCUT2D eigenvalue weighted by Crippen LogP contribution is 2.52. The lowest BCUT2D eigenvalue weighted by Crippen LogP contribution is -2.35. The van der Waals surface area contributed by atoms with Gasteiger partial charge >= 0.3 is 12.1 Å². The van der Waals surface area contributed by atoms with Crippen molar-refractivity contribution in [3.05, 3.63) is 41.9 Å². The van der Waals surface area contributed by atoms with Gasteiger partial charge in [0.15, 0.2) is 0 Å². The van der Waals surface area contributed by atoms with Crippen LogP contribution in [0.3, 0.4) is 0 Å². The highest BCUT2D eigenvalue weighted by molar-refractivity contribution is 5.30. The molecule has 2 fully saturated rings. The standard InChI is InChI=1S/C23H31F3O/c1-2-14-23(15-4-3-5-16-23)19-10-6-17(7-11-19)18-8-12-20(13-9-18)27-22(26)21(24)25/h8-9,12-13,17,19H,2-7,10-11,14-16H2,1H3. The average Bonchev–Trinajstić information content (AvgIpc) is 2.69. The first-order valence-electron chi connectivity index (χ1n) is 10.5. The van der Waals surface area contributed by atoms with Crippen LogP contribution in [0.25, 0.3) is 0 Å². The minimum absolute atomic E-state index is 0.113. The van der Waals surface area contributed by atoms with E-state index >= 15 is 0 Å². The smallest absolute Gasteiger partial charge is 0.344 e. The van der Waals surface area contributed by atoms with Gasteiger partial charge in [-0.25, -0.2) is 0 Å². The van der Waals surface area contributed by atoms with Gasteiger partial charge in [-0.05, 0) is 79.9 Å². The summed E-state index contributed by atoms with van der Waals surface area (Å²) in [7, 11) is 0. The van der Waals surface area contributed by atoms with Crippen LogP contribution in [-0.2, 0) is 0 Å². The molecule has 0 spiro atoms. The lowest BCUT2D eigenvalue weighted by molar-refractivity contribution is 0.0527. The third kappa shape index (κ3) is 4.89. The molecule has 1 nitrogen and oxygen atoms in total. The van der Waals surface area contributed by atoms with Gasteiger partial charge in [-0.1, -0.05) is 44.7 Å². The van der Waals surface area contributed by atoms with Crippen molar-refractivity contribution in [2.24, 2.45) is 11.3 Å². The molecule has 2 aliphatic carbocycles. The van der Waals surface area contributed by atoms with Crippen LogP contribution in [0.15, 0.2) is 36.4 Å². The van der Waals surface area contributed by atoms with E-state index in [9.17, 15) is 13.2 Å². The second kappa shape index (κ2) is 9.16. The zero-order chi connectivity index (χ0) is 19.3. The molecule has 0 unspecified atom stereocenters. The van der Waals surface area contributed by atoms with Gasteiger partial charge in [-0.2, -0.15) is 13.2 Å². The quantitative estimate of drug-likeness (QED) is 0.453. The highest BCUT2D eigenvalue weighted by Gasteiger charge is 2.40. The molecule has 3 rings (SSSR count). The zero-order valence-electron chi connectivity index (χ0n) is 16.3. The molecule has 1 aromatic rings. The molecule has 0 heterocycles. The van der Waals surface area contributed by atoms with Crippen molar-refractivity contribution in [2.45, 2.75) is 83.5 Å². The van der Waals surface area contributed by atoms with Crippen molar-refractivity contribution in [1.29, 1.82) is 0 Å². The molecule has 2 aliphatic rings. The summed E-state index contributed by atoms with van der Waals surface area (Å²) in [5.74, 6) is 1.47. The fourth-order valence-electron chi connectivity index (χ4n) is 5.61. The first kappa shape index (κ1) is 20.3. The molecule has 0 atom stereocenters. The molecule has 0 aromatic heterocycles. The van der Waals surface area contributed by atoms with E-state index in [1.165, 1.54) is 76.2 Å². The van der Waals surface area contributed by atoms with Crippen molar-refractivity contribution >= 4 is 0 Å². The monoisotopic (exact) mass is 380 g/mol. The molecule has 150 valence electrons. The zero-order valence-corrected chi connectivity index (χ0v) is 16.3. The van der Waals surface area contributed by atoms with Gasteiger partial charge in [-0.15, -0.1) is 0 Å². The minimum atomic E-state index is -2.43. The summed E-state index contributed by atoms with van der Waals surface area (Å²) in [6, 6.07) is 5.14. The molecule has 0 bridgehead atoms. The molecule has 0 radical (unpaired) electrons. The Hall–Kier alpha value is -1.45. The molecule has 1 aromatic carbocycles. The van der Waals surface area contributed by atoms with Gasteiger partial charge in [0.2, 0.25) is 0 Å². The number of rotatable bonds is 6. The average molecular weight is 380 g/mol. The predicted molar refractivity (Wildman–Crippen MR) is 103 cm³/mol. The van der Waals surface area contributed by atoms with E-state index in [2.05, 4.69) is 11.7 Å². The van der Waals surface area contributed by atoms with Crippen molar-refractivity contribution in [1.82, 2.24) is 0 Å². The Labute approximate surface area is 161 Å². The second-order valence-corrected chi connectivity index (χ2v) is 8.43. The molecule has 0 N–H and O–H groups in total. The van der Waals surface area contributed by atoms with E-state index in [0.717, 1.165) is 5.92 Å². The van der Waals surface area contributed by atoms with E-state index < -0.39 is 12.1 Å². The normalized spacial score (nSPS) is 25.0. The fraction of sp³-hybridized carbons (Fsp3) is 0.652. The first-order valence-corrected chi connectivity index (χ1v) is 10.5. The number of benzene rings is 1. The Bertz CT molecular complexity index is 614. The Kier molecular flexibility index (Phi) is 6.88. The third-order valence-corrected chi connectivity index (χ3v) is 6.90. The van der Waals surface area contributed by atoms with E-state index in [1.807, 2.05) is 12.1 Å². The van der Waals surface area contributed by atoms with Crippen molar-refractivity contribution in [3.8, 4) is 5.75 Å². The van der Waals surface area contributed by atoms with Crippen LogP contribution >= 0.6 is 0 Å². The van der Waals surface area contributed by atoms with Gasteiger partial charge in [0.05, 0.1) is 0 Å². The van der Waals surface area contributed by atoms with E-state index in [-0.39, 0.29) is 5.75 Å². The van der Waals surface area contributed by atoms with Crippen LogP contribution < -0.4 is 4.74 Å². The minimum Gasteiger partial charge on any atom is -0.428 e. The number of ether oxygens (including phenoxy) is 1. The molecular weight excluding hydrogens is 349 g/mol. The lowest BCUT2D eigenvalue weighted by atomic mass is 9.58. The Morgan fingerprint density at radius 1 is 0.963 bits per heavy atom. The Morgan fingerprint density at radius 2 is 1.59 bits per heavy atom. The van der Waals surface area contributed by atoms with Crippen molar-refractivity contribution in [3.63, 3.8) is 0 Å². The largest absolute Gasteiger partial charge is 0.428 e. The van der Waals surface area contributed by atoms with Crippen molar-refractivity contribution in [2.75, 3.05) is 0 Å². The van der Waals surface area contributed by atoms with Gasteiger partial charge in [-0.3, -0.25) is 0 Å².